The van der Waals surface area contributed by atoms with Crippen LogP contribution in [0.4, 0.5) is 0 Å². The number of rotatable bonds is 2. The molecular weight excluding hydrogens is 344 g/mol. The molecule has 2 aromatic carbocycles. The quantitative estimate of drug-likeness (QED) is 0.641. The summed E-state index contributed by atoms with van der Waals surface area (Å²) in [5.41, 5.74) is 6.19. The second-order valence-corrected chi connectivity index (χ2v) is 8.40. The zero-order valence-corrected chi connectivity index (χ0v) is 16.6. The Morgan fingerprint density at radius 3 is 2.39 bits per heavy atom. The standard InChI is InChI=1S/C25H26N2O/c1-17-21-14-13-20-23(18-9-5-3-6-10-18)26-27(2)24(20)25(21,16-15-22(17)28)19-11-7-4-8-12-19/h3-12,17,21H,13-16H2,1-2H3/t17-,21-,25+/m0/s1. The summed E-state index contributed by atoms with van der Waals surface area (Å²) >= 11 is 0. The van der Waals surface area contributed by atoms with Gasteiger partial charge in [-0.05, 0) is 30.7 Å². The smallest absolute Gasteiger partial charge is 0.136 e. The molecule has 3 heteroatoms. The number of aryl methyl sites for hydroxylation is 1. The molecule has 1 heterocycles. The van der Waals surface area contributed by atoms with Crippen molar-refractivity contribution in [2.75, 3.05) is 0 Å². The van der Waals surface area contributed by atoms with Gasteiger partial charge in [0.25, 0.3) is 0 Å². The average molecular weight is 370 g/mol. The van der Waals surface area contributed by atoms with Gasteiger partial charge in [-0.25, -0.2) is 0 Å². The van der Waals surface area contributed by atoms with Crippen molar-refractivity contribution < 1.29 is 4.79 Å². The van der Waals surface area contributed by atoms with Crippen LogP contribution >= 0.6 is 0 Å². The van der Waals surface area contributed by atoms with Crippen LogP contribution in [0.2, 0.25) is 0 Å². The van der Waals surface area contributed by atoms with Gasteiger partial charge in [-0.1, -0.05) is 67.6 Å². The van der Waals surface area contributed by atoms with E-state index >= 15 is 0 Å². The lowest BCUT2D eigenvalue weighted by Crippen LogP contribution is -2.50. The lowest BCUT2D eigenvalue weighted by Gasteiger charge is -2.50. The van der Waals surface area contributed by atoms with Crippen molar-refractivity contribution in [3.63, 3.8) is 0 Å². The number of ketones is 1. The van der Waals surface area contributed by atoms with E-state index in [1.165, 1.54) is 22.4 Å². The summed E-state index contributed by atoms with van der Waals surface area (Å²) in [5, 5.41) is 5.00. The zero-order chi connectivity index (χ0) is 19.3. The summed E-state index contributed by atoms with van der Waals surface area (Å²) in [6.45, 7) is 2.14. The highest BCUT2D eigenvalue weighted by molar-refractivity contribution is 5.83. The number of aromatic nitrogens is 2. The summed E-state index contributed by atoms with van der Waals surface area (Å²) in [4.78, 5) is 12.6. The van der Waals surface area contributed by atoms with Crippen molar-refractivity contribution in [3.8, 4) is 11.3 Å². The van der Waals surface area contributed by atoms with Crippen LogP contribution < -0.4 is 0 Å². The highest BCUT2D eigenvalue weighted by Gasteiger charge is 2.54. The van der Waals surface area contributed by atoms with E-state index in [0.717, 1.165) is 25.0 Å². The Hall–Kier alpha value is -2.68. The van der Waals surface area contributed by atoms with E-state index < -0.39 is 0 Å². The summed E-state index contributed by atoms with van der Waals surface area (Å²) in [5.74, 6) is 0.852. The molecule has 28 heavy (non-hydrogen) atoms. The van der Waals surface area contributed by atoms with Crippen molar-refractivity contribution in [1.29, 1.82) is 0 Å². The van der Waals surface area contributed by atoms with Gasteiger partial charge in [0, 0.05) is 35.9 Å². The number of carbonyl (C=O) groups excluding carboxylic acids is 1. The molecule has 1 saturated carbocycles. The Morgan fingerprint density at radius 2 is 1.68 bits per heavy atom. The molecule has 142 valence electrons. The molecule has 1 aromatic heterocycles. The van der Waals surface area contributed by atoms with Crippen LogP contribution in [0.3, 0.4) is 0 Å². The van der Waals surface area contributed by atoms with E-state index in [-0.39, 0.29) is 11.3 Å². The second kappa shape index (κ2) is 6.44. The van der Waals surface area contributed by atoms with Crippen LogP contribution in [-0.2, 0) is 23.7 Å². The Bertz CT molecular complexity index is 1020. The topological polar surface area (TPSA) is 34.9 Å². The van der Waals surface area contributed by atoms with Crippen LogP contribution in [-0.4, -0.2) is 15.6 Å². The van der Waals surface area contributed by atoms with Crippen molar-refractivity contribution in [2.24, 2.45) is 18.9 Å². The molecule has 2 aliphatic rings. The minimum absolute atomic E-state index is 0.0946. The molecule has 3 atom stereocenters. The maximum atomic E-state index is 12.6. The Balaban J connectivity index is 1.78. The molecule has 2 aliphatic carbocycles. The monoisotopic (exact) mass is 370 g/mol. The molecular formula is C25H26N2O. The first kappa shape index (κ1) is 17.4. The molecule has 0 N–H and O–H groups in total. The SMILES string of the molecule is C[C@@H]1C(=O)CC[C@]2(c3ccccc3)c3c(c(-c4ccccc4)nn3C)CC[C@@H]12. The van der Waals surface area contributed by atoms with Gasteiger partial charge in [-0.15, -0.1) is 0 Å². The normalized spacial score (nSPS) is 26.6. The predicted octanol–water partition coefficient (Wildman–Crippen LogP) is 4.93. The summed E-state index contributed by atoms with van der Waals surface area (Å²) in [7, 11) is 2.08. The molecule has 5 rings (SSSR count). The first-order valence-corrected chi connectivity index (χ1v) is 10.3. The highest BCUT2D eigenvalue weighted by atomic mass is 16.1. The van der Waals surface area contributed by atoms with E-state index in [1.807, 2.05) is 0 Å². The zero-order valence-electron chi connectivity index (χ0n) is 16.6. The number of hydrogen-bond donors (Lipinski definition) is 0. The van der Waals surface area contributed by atoms with Gasteiger partial charge >= 0.3 is 0 Å². The van der Waals surface area contributed by atoms with Gasteiger partial charge in [-0.2, -0.15) is 5.10 Å². The lowest BCUT2D eigenvalue weighted by atomic mass is 9.53. The molecule has 0 spiro atoms. The van der Waals surface area contributed by atoms with Crippen LogP contribution in [0.1, 0.15) is 43.0 Å². The molecule has 0 saturated heterocycles. The van der Waals surface area contributed by atoms with Crippen molar-refractivity contribution in [2.45, 2.75) is 38.0 Å². The van der Waals surface area contributed by atoms with Crippen molar-refractivity contribution in [1.82, 2.24) is 9.78 Å². The fraction of sp³-hybridized carbons (Fsp3) is 0.360. The highest BCUT2D eigenvalue weighted by Crippen LogP contribution is 2.56. The van der Waals surface area contributed by atoms with Gasteiger partial charge in [0.1, 0.15) is 5.78 Å². The maximum Gasteiger partial charge on any atom is 0.136 e. The number of hydrogen-bond acceptors (Lipinski definition) is 2. The number of nitrogens with zero attached hydrogens (tertiary/aromatic N) is 2. The van der Waals surface area contributed by atoms with E-state index in [1.54, 1.807) is 0 Å². The van der Waals surface area contributed by atoms with E-state index in [4.69, 9.17) is 5.10 Å². The van der Waals surface area contributed by atoms with Gasteiger partial charge in [0.2, 0.25) is 0 Å². The summed E-state index contributed by atoms with van der Waals surface area (Å²) < 4.78 is 2.11. The molecule has 0 radical (unpaired) electrons. The summed E-state index contributed by atoms with van der Waals surface area (Å²) in [6.07, 6.45) is 3.56. The Labute approximate surface area is 166 Å². The third-order valence-corrected chi connectivity index (χ3v) is 7.12. The third-order valence-electron chi connectivity index (χ3n) is 7.12. The fourth-order valence-electron chi connectivity index (χ4n) is 5.90. The lowest BCUT2D eigenvalue weighted by molar-refractivity contribution is -0.128. The average Bonchev–Trinajstić information content (AvgIpc) is 3.09. The maximum absolute atomic E-state index is 12.6. The fourth-order valence-corrected chi connectivity index (χ4v) is 5.90. The number of fused-ring (bicyclic) bond motifs is 3. The minimum atomic E-state index is -0.128. The second-order valence-electron chi connectivity index (χ2n) is 8.40. The van der Waals surface area contributed by atoms with Gasteiger partial charge in [0.15, 0.2) is 0 Å². The van der Waals surface area contributed by atoms with Crippen LogP contribution in [0.15, 0.2) is 60.7 Å². The Morgan fingerprint density at radius 1 is 1.00 bits per heavy atom. The molecule has 3 nitrogen and oxygen atoms in total. The molecule has 0 aliphatic heterocycles. The van der Waals surface area contributed by atoms with Crippen LogP contribution in [0.25, 0.3) is 11.3 Å². The minimum Gasteiger partial charge on any atom is -0.299 e. The van der Waals surface area contributed by atoms with E-state index in [0.29, 0.717) is 18.1 Å². The van der Waals surface area contributed by atoms with Gasteiger partial charge in [-0.3, -0.25) is 9.48 Å². The number of Topliss-reactive ketones (excluding diaryl/α,β-unsaturated/α-hetero) is 1. The predicted molar refractivity (Wildman–Crippen MR) is 111 cm³/mol. The van der Waals surface area contributed by atoms with Crippen molar-refractivity contribution >= 4 is 5.78 Å². The molecule has 0 bridgehead atoms. The molecule has 0 amide bonds. The number of benzene rings is 2. The van der Waals surface area contributed by atoms with Gasteiger partial charge in [0.05, 0.1) is 11.4 Å². The summed E-state index contributed by atoms with van der Waals surface area (Å²) in [6, 6.07) is 21.3. The largest absolute Gasteiger partial charge is 0.299 e. The van der Waals surface area contributed by atoms with Gasteiger partial charge < -0.3 is 0 Å². The first-order valence-electron chi connectivity index (χ1n) is 10.3. The van der Waals surface area contributed by atoms with Crippen LogP contribution in [0, 0.1) is 11.8 Å². The number of carbonyl (C=O) groups is 1. The van der Waals surface area contributed by atoms with Crippen LogP contribution in [0.5, 0.6) is 0 Å². The molecule has 0 unspecified atom stereocenters. The molecule has 1 fully saturated rings. The van der Waals surface area contributed by atoms with E-state index in [9.17, 15) is 4.79 Å². The third kappa shape index (κ3) is 2.35. The first-order chi connectivity index (χ1) is 13.6. The Kier molecular flexibility index (Phi) is 4.01. The molecule has 3 aromatic rings. The van der Waals surface area contributed by atoms with Crippen molar-refractivity contribution in [3.05, 3.63) is 77.5 Å². The van der Waals surface area contributed by atoms with E-state index in [2.05, 4.69) is 79.3 Å².